The number of hydrogen-bond donors (Lipinski definition) is 2. The van der Waals surface area contributed by atoms with Gasteiger partial charge in [0.15, 0.2) is 17.3 Å². The number of pyridine rings is 1. The molecule has 8 heteroatoms. The molecule has 30 heavy (non-hydrogen) atoms. The molecule has 8 nitrogen and oxygen atoms in total. The topological polar surface area (TPSA) is 98.3 Å². The summed E-state index contributed by atoms with van der Waals surface area (Å²) in [6.07, 6.45) is 4.05. The molecule has 1 aromatic carbocycles. The number of benzene rings is 1. The molecule has 1 unspecified atom stereocenters. The molecule has 0 aliphatic carbocycles. The predicted octanol–water partition coefficient (Wildman–Crippen LogP) is 2.77. The predicted molar refractivity (Wildman–Crippen MR) is 111 cm³/mol. The Bertz CT molecular complexity index is 1100. The van der Waals surface area contributed by atoms with E-state index in [9.17, 15) is 4.79 Å². The number of carbonyl (C=O) groups excluding carboxylic acids is 1. The van der Waals surface area contributed by atoms with Gasteiger partial charge in [0.05, 0.1) is 6.04 Å². The third-order valence-electron chi connectivity index (χ3n) is 5.22. The molecule has 3 aromatic rings. The zero-order valence-electron chi connectivity index (χ0n) is 16.5. The molecule has 0 spiro atoms. The van der Waals surface area contributed by atoms with Crippen molar-refractivity contribution in [2.24, 2.45) is 0 Å². The van der Waals surface area contributed by atoms with Gasteiger partial charge >= 0.3 is 0 Å². The number of rotatable bonds is 4. The summed E-state index contributed by atoms with van der Waals surface area (Å²) in [6, 6.07) is 9.55. The van der Waals surface area contributed by atoms with Crippen molar-refractivity contribution in [2.45, 2.75) is 19.4 Å². The van der Waals surface area contributed by atoms with E-state index in [1.54, 1.807) is 12.4 Å². The summed E-state index contributed by atoms with van der Waals surface area (Å²) in [7, 11) is 0. The second kappa shape index (κ2) is 7.62. The van der Waals surface area contributed by atoms with Crippen LogP contribution in [0, 0.1) is 0 Å². The highest BCUT2D eigenvalue weighted by Crippen LogP contribution is 2.34. The Kier molecular flexibility index (Phi) is 4.66. The molecule has 2 N–H and O–H groups in total. The molecule has 2 aliphatic rings. The van der Waals surface area contributed by atoms with Crippen molar-refractivity contribution in [3.8, 4) is 22.9 Å². The fourth-order valence-corrected chi connectivity index (χ4v) is 3.65. The summed E-state index contributed by atoms with van der Waals surface area (Å²) in [4.78, 5) is 25.9. The number of hydrogen-bond acceptors (Lipinski definition) is 7. The Hall–Kier alpha value is -3.68. The number of anilines is 1. The molecular weight excluding hydrogens is 382 g/mol. The SMILES string of the molecule is CC(Nc1nc(-c2cccnc2)nc2c1CCNC2=O)c1ccc2c(c1)OCCO2. The van der Waals surface area contributed by atoms with Crippen LogP contribution in [0.15, 0.2) is 42.7 Å². The zero-order valence-corrected chi connectivity index (χ0v) is 16.5. The molecule has 2 aliphatic heterocycles. The van der Waals surface area contributed by atoms with Gasteiger partial charge in [-0.1, -0.05) is 6.07 Å². The monoisotopic (exact) mass is 403 g/mol. The number of amides is 1. The first kappa shape index (κ1) is 18.4. The lowest BCUT2D eigenvalue weighted by molar-refractivity contribution is 0.0940. The number of aromatic nitrogens is 3. The van der Waals surface area contributed by atoms with Crippen molar-refractivity contribution in [1.82, 2.24) is 20.3 Å². The van der Waals surface area contributed by atoms with Crippen LogP contribution in [-0.2, 0) is 6.42 Å². The third kappa shape index (κ3) is 3.41. The van der Waals surface area contributed by atoms with Gasteiger partial charge in [0.2, 0.25) is 0 Å². The van der Waals surface area contributed by atoms with Crippen LogP contribution >= 0.6 is 0 Å². The standard InChI is InChI=1S/C22H21N5O3/c1-13(14-4-5-17-18(11-14)30-10-9-29-17)25-21-16-6-8-24-22(28)19(16)26-20(27-21)15-3-2-7-23-12-15/h2-5,7,11-13H,6,8-10H2,1H3,(H,24,28)(H,25,26,27). The molecule has 0 radical (unpaired) electrons. The molecular formula is C22H21N5O3. The minimum Gasteiger partial charge on any atom is -0.486 e. The van der Waals surface area contributed by atoms with Gasteiger partial charge in [-0.15, -0.1) is 0 Å². The van der Waals surface area contributed by atoms with Crippen molar-refractivity contribution in [3.05, 3.63) is 59.5 Å². The Morgan fingerprint density at radius 3 is 2.83 bits per heavy atom. The van der Waals surface area contributed by atoms with Crippen LogP contribution < -0.4 is 20.1 Å². The number of carbonyl (C=O) groups is 1. The second-order valence-electron chi connectivity index (χ2n) is 7.24. The summed E-state index contributed by atoms with van der Waals surface area (Å²) < 4.78 is 11.3. The quantitative estimate of drug-likeness (QED) is 0.691. The lowest BCUT2D eigenvalue weighted by Gasteiger charge is -2.24. The van der Waals surface area contributed by atoms with Crippen LogP contribution in [0.5, 0.6) is 11.5 Å². The van der Waals surface area contributed by atoms with Crippen LogP contribution in [0.3, 0.4) is 0 Å². The van der Waals surface area contributed by atoms with Gasteiger partial charge < -0.3 is 20.1 Å². The van der Waals surface area contributed by atoms with Crippen LogP contribution in [0.1, 0.15) is 34.6 Å². The largest absolute Gasteiger partial charge is 0.486 e. The Morgan fingerprint density at radius 1 is 1.13 bits per heavy atom. The Morgan fingerprint density at radius 2 is 2.00 bits per heavy atom. The Labute approximate surface area is 173 Å². The first-order valence-corrected chi connectivity index (χ1v) is 9.94. The van der Waals surface area contributed by atoms with Gasteiger partial charge in [0, 0.05) is 30.1 Å². The van der Waals surface area contributed by atoms with E-state index in [1.165, 1.54) is 0 Å². The van der Waals surface area contributed by atoms with E-state index in [0.717, 1.165) is 28.2 Å². The maximum Gasteiger partial charge on any atom is 0.270 e. The Balaban J connectivity index is 1.51. The van der Waals surface area contributed by atoms with Gasteiger partial charge in [-0.2, -0.15) is 0 Å². The molecule has 5 rings (SSSR count). The van der Waals surface area contributed by atoms with Crippen molar-refractivity contribution in [1.29, 1.82) is 0 Å². The molecule has 0 saturated carbocycles. The van der Waals surface area contributed by atoms with Crippen LogP contribution in [-0.4, -0.2) is 40.6 Å². The number of ether oxygens (including phenoxy) is 2. The fourth-order valence-electron chi connectivity index (χ4n) is 3.65. The lowest BCUT2D eigenvalue weighted by Crippen LogP contribution is -2.34. The number of nitrogens with one attached hydrogen (secondary N) is 2. The van der Waals surface area contributed by atoms with E-state index in [2.05, 4.69) is 20.6 Å². The molecule has 0 fully saturated rings. The minimum atomic E-state index is -0.182. The number of fused-ring (bicyclic) bond motifs is 2. The van der Waals surface area contributed by atoms with Gasteiger partial charge in [0.1, 0.15) is 24.7 Å². The summed E-state index contributed by atoms with van der Waals surface area (Å²) in [6.45, 7) is 3.72. The van der Waals surface area contributed by atoms with Gasteiger partial charge in [-0.3, -0.25) is 9.78 Å². The highest BCUT2D eigenvalue weighted by molar-refractivity contribution is 5.96. The summed E-state index contributed by atoms with van der Waals surface area (Å²) in [5, 5.41) is 6.34. The maximum absolute atomic E-state index is 12.5. The normalized spacial score (nSPS) is 15.7. The molecule has 0 saturated heterocycles. The van der Waals surface area contributed by atoms with Crippen molar-refractivity contribution in [2.75, 3.05) is 25.1 Å². The van der Waals surface area contributed by atoms with Gasteiger partial charge in [-0.05, 0) is 43.2 Å². The highest BCUT2D eigenvalue weighted by atomic mass is 16.6. The van der Waals surface area contributed by atoms with Crippen LogP contribution in [0.4, 0.5) is 5.82 Å². The van der Waals surface area contributed by atoms with Crippen LogP contribution in [0.25, 0.3) is 11.4 Å². The van der Waals surface area contributed by atoms with Crippen molar-refractivity contribution < 1.29 is 14.3 Å². The third-order valence-corrected chi connectivity index (χ3v) is 5.22. The van der Waals surface area contributed by atoms with Gasteiger partial charge in [0.25, 0.3) is 5.91 Å². The highest BCUT2D eigenvalue weighted by Gasteiger charge is 2.25. The van der Waals surface area contributed by atoms with E-state index in [-0.39, 0.29) is 11.9 Å². The van der Waals surface area contributed by atoms with Crippen molar-refractivity contribution in [3.63, 3.8) is 0 Å². The maximum atomic E-state index is 12.5. The second-order valence-corrected chi connectivity index (χ2v) is 7.24. The van der Waals surface area contributed by atoms with E-state index >= 15 is 0 Å². The summed E-state index contributed by atoms with van der Waals surface area (Å²) >= 11 is 0. The van der Waals surface area contributed by atoms with Crippen molar-refractivity contribution >= 4 is 11.7 Å². The van der Waals surface area contributed by atoms with E-state index < -0.39 is 0 Å². The first-order valence-electron chi connectivity index (χ1n) is 9.94. The number of nitrogens with zero attached hydrogens (tertiary/aromatic N) is 3. The average molecular weight is 403 g/mol. The first-order chi connectivity index (χ1) is 14.7. The molecule has 1 amide bonds. The smallest absolute Gasteiger partial charge is 0.270 e. The summed E-state index contributed by atoms with van der Waals surface area (Å²) in [5.74, 6) is 2.45. The van der Waals surface area contributed by atoms with E-state index in [0.29, 0.717) is 43.5 Å². The molecule has 152 valence electrons. The zero-order chi connectivity index (χ0) is 20.5. The van der Waals surface area contributed by atoms with E-state index in [1.807, 2.05) is 37.3 Å². The fraction of sp³-hybridized carbons (Fsp3) is 0.273. The molecule has 2 aromatic heterocycles. The molecule has 4 heterocycles. The average Bonchev–Trinajstić information content (AvgIpc) is 2.80. The van der Waals surface area contributed by atoms with Gasteiger partial charge in [-0.25, -0.2) is 9.97 Å². The lowest BCUT2D eigenvalue weighted by atomic mass is 10.0. The molecule has 1 atom stereocenters. The van der Waals surface area contributed by atoms with E-state index in [4.69, 9.17) is 14.5 Å². The summed E-state index contributed by atoms with van der Waals surface area (Å²) in [5.41, 5.74) is 3.03. The molecule has 0 bridgehead atoms. The minimum absolute atomic E-state index is 0.0634. The van der Waals surface area contributed by atoms with Crippen LogP contribution in [0.2, 0.25) is 0 Å².